The van der Waals surface area contributed by atoms with Gasteiger partial charge in [0.15, 0.2) is 17.4 Å². The van der Waals surface area contributed by atoms with Crippen molar-refractivity contribution >= 4 is 34.2 Å². The van der Waals surface area contributed by atoms with Gasteiger partial charge in [-0.05, 0) is 37.0 Å². The molecule has 9 heteroatoms. The molecule has 1 fully saturated rings. The molecule has 0 aliphatic heterocycles. The van der Waals surface area contributed by atoms with Gasteiger partial charge in [-0.1, -0.05) is 18.2 Å². The maximum absolute atomic E-state index is 14.6. The first-order valence-corrected chi connectivity index (χ1v) is 11.2. The molecule has 178 valence electrons. The number of hydrogen-bond acceptors (Lipinski definition) is 4. The van der Waals surface area contributed by atoms with E-state index >= 15 is 0 Å². The molecule has 1 saturated carbocycles. The summed E-state index contributed by atoms with van der Waals surface area (Å²) in [5.41, 5.74) is 1.67. The molecule has 0 radical (unpaired) electrons. The molecule has 1 aliphatic rings. The molecular weight excluding hydrogens is 454 g/mol. The smallest absolute Gasteiger partial charge is 0.228 e. The Hall–Kier alpha value is -4.27. The van der Waals surface area contributed by atoms with Crippen molar-refractivity contribution in [3.05, 3.63) is 78.1 Å². The van der Waals surface area contributed by atoms with Crippen molar-refractivity contribution < 1.29 is 23.1 Å². The van der Waals surface area contributed by atoms with Crippen LogP contribution >= 0.6 is 0 Å². The number of aromatic amines is 1. The number of aryl methyl sites for hydroxylation is 1. The van der Waals surface area contributed by atoms with E-state index in [0.29, 0.717) is 6.42 Å². The lowest BCUT2D eigenvalue weighted by molar-refractivity contribution is -0.117. The third-order valence-electron chi connectivity index (χ3n) is 5.75. The number of rotatable bonds is 8. The number of nitrogens with zero attached hydrogens (tertiary/aromatic N) is 1. The highest BCUT2D eigenvalue weighted by atomic mass is 19.1. The van der Waals surface area contributed by atoms with E-state index < -0.39 is 17.5 Å². The van der Waals surface area contributed by atoms with Crippen LogP contribution in [-0.4, -0.2) is 21.8 Å². The van der Waals surface area contributed by atoms with E-state index in [0.717, 1.165) is 41.4 Å². The zero-order valence-electron chi connectivity index (χ0n) is 18.6. The van der Waals surface area contributed by atoms with Gasteiger partial charge >= 0.3 is 0 Å². The van der Waals surface area contributed by atoms with E-state index in [1.165, 1.54) is 18.3 Å². The van der Waals surface area contributed by atoms with Crippen molar-refractivity contribution in [3.63, 3.8) is 0 Å². The molecule has 35 heavy (non-hydrogen) atoms. The predicted octanol–water partition coefficient (Wildman–Crippen LogP) is 5.55. The van der Waals surface area contributed by atoms with Gasteiger partial charge in [-0.25, -0.2) is 13.8 Å². The summed E-state index contributed by atoms with van der Waals surface area (Å²) in [5, 5.41) is 6.11. The van der Waals surface area contributed by atoms with Crippen LogP contribution in [0.1, 0.15) is 24.8 Å². The zero-order chi connectivity index (χ0) is 24.4. The number of fused-ring (bicyclic) bond motifs is 1. The van der Waals surface area contributed by atoms with Gasteiger partial charge in [-0.2, -0.15) is 0 Å². The molecule has 0 saturated heterocycles. The topological polar surface area (TPSA) is 96.1 Å². The number of carbonyl (C=O) groups is 2. The number of carbonyl (C=O) groups excluding carboxylic acids is 2. The molecule has 0 bridgehead atoms. The van der Waals surface area contributed by atoms with Gasteiger partial charge in [0, 0.05) is 53.8 Å². The monoisotopic (exact) mass is 476 g/mol. The Morgan fingerprint density at radius 1 is 1.06 bits per heavy atom. The summed E-state index contributed by atoms with van der Waals surface area (Å²) in [4.78, 5) is 31.5. The molecule has 0 spiro atoms. The SMILES string of the molecule is O=C(CCc1c[nH]c2ccccc12)Nc1cc(F)c(Oc2ccnc(NC(=O)C3CC3)c2)cc1F. The lowest BCUT2D eigenvalue weighted by Crippen LogP contribution is -2.14. The van der Waals surface area contributed by atoms with Crippen molar-refractivity contribution in [3.8, 4) is 11.5 Å². The summed E-state index contributed by atoms with van der Waals surface area (Å²) in [6.07, 6.45) is 5.48. The number of para-hydroxylation sites is 1. The third-order valence-corrected chi connectivity index (χ3v) is 5.75. The number of pyridine rings is 1. The number of anilines is 2. The Bertz CT molecular complexity index is 1420. The minimum atomic E-state index is -0.848. The molecule has 0 atom stereocenters. The van der Waals surface area contributed by atoms with Crippen molar-refractivity contribution in [2.75, 3.05) is 10.6 Å². The van der Waals surface area contributed by atoms with Crippen LogP contribution < -0.4 is 15.4 Å². The standard InChI is InChI=1S/C26H22F2N4O3/c27-19-13-23(35-17-9-10-29-24(11-17)32-26(34)15-5-6-15)20(28)12-22(19)31-25(33)8-7-16-14-30-21-4-2-1-3-18(16)21/h1-4,9-15,30H,5-8H2,(H,31,33)(H,29,32,34). The normalized spacial score (nSPS) is 13.0. The summed E-state index contributed by atoms with van der Waals surface area (Å²) in [5.74, 6) is -2.16. The molecule has 5 rings (SSSR count). The van der Waals surface area contributed by atoms with Gasteiger partial charge in [-0.15, -0.1) is 0 Å². The summed E-state index contributed by atoms with van der Waals surface area (Å²) in [6, 6.07) is 12.4. The van der Waals surface area contributed by atoms with E-state index in [2.05, 4.69) is 20.6 Å². The van der Waals surface area contributed by atoms with E-state index in [9.17, 15) is 18.4 Å². The lowest BCUT2D eigenvalue weighted by atomic mass is 10.1. The van der Waals surface area contributed by atoms with Crippen LogP contribution in [-0.2, 0) is 16.0 Å². The molecule has 2 aromatic heterocycles. The van der Waals surface area contributed by atoms with E-state index in [-0.39, 0.29) is 41.3 Å². The van der Waals surface area contributed by atoms with Gasteiger partial charge in [-0.3, -0.25) is 9.59 Å². The number of ether oxygens (including phenoxy) is 1. The number of H-pyrrole nitrogens is 1. The van der Waals surface area contributed by atoms with Crippen molar-refractivity contribution in [2.24, 2.45) is 5.92 Å². The maximum Gasteiger partial charge on any atom is 0.228 e. The van der Waals surface area contributed by atoms with Crippen LogP contribution in [0.4, 0.5) is 20.3 Å². The van der Waals surface area contributed by atoms with Crippen LogP contribution in [0, 0.1) is 17.6 Å². The second-order valence-electron chi connectivity index (χ2n) is 8.41. The van der Waals surface area contributed by atoms with Gasteiger partial charge in [0.2, 0.25) is 11.8 Å². The van der Waals surface area contributed by atoms with Crippen LogP contribution in [0.5, 0.6) is 11.5 Å². The second kappa shape index (κ2) is 9.54. The van der Waals surface area contributed by atoms with Gasteiger partial charge < -0.3 is 20.4 Å². The Kier molecular flexibility index (Phi) is 6.13. The largest absolute Gasteiger partial charge is 0.454 e. The highest BCUT2D eigenvalue weighted by molar-refractivity contribution is 5.93. The number of benzene rings is 2. The van der Waals surface area contributed by atoms with Crippen LogP contribution in [0.3, 0.4) is 0 Å². The van der Waals surface area contributed by atoms with E-state index in [1.54, 1.807) is 0 Å². The quantitative estimate of drug-likeness (QED) is 0.311. The molecule has 1 aliphatic carbocycles. The fraction of sp³-hybridized carbons (Fsp3) is 0.192. The Morgan fingerprint density at radius 3 is 2.71 bits per heavy atom. The predicted molar refractivity (Wildman–Crippen MR) is 127 cm³/mol. The number of hydrogen-bond donors (Lipinski definition) is 3. The van der Waals surface area contributed by atoms with Crippen LogP contribution in [0.25, 0.3) is 10.9 Å². The third kappa shape index (κ3) is 5.29. The molecule has 3 N–H and O–H groups in total. The summed E-state index contributed by atoms with van der Waals surface area (Å²) < 4.78 is 34.7. The molecular formula is C26H22F2N4O3. The summed E-state index contributed by atoms with van der Waals surface area (Å²) in [7, 11) is 0. The highest BCUT2D eigenvalue weighted by Gasteiger charge is 2.29. The minimum Gasteiger partial charge on any atom is -0.454 e. The number of halogens is 2. The second-order valence-corrected chi connectivity index (χ2v) is 8.41. The first-order chi connectivity index (χ1) is 17.0. The van der Waals surface area contributed by atoms with Crippen LogP contribution in [0.15, 0.2) is 60.9 Å². The van der Waals surface area contributed by atoms with Gasteiger partial charge in [0.1, 0.15) is 11.6 Å². The summed E-state index contributed by atoms with van der Waals surface area (Å²) >= 11 is 0. The Labute approximate surface area is 199 Å². The maximum atomic E-state index is 14.6. The molecule has 7 nitrogen and oxygen atoms in total. The molecule has 0 unspecified atom stereocenters. The first kappa shape index (κ1) is 22.5. The number of aromatic nitrogens is 2. The average molecular weight is 476 g/mol. The fourth-order valence-corrected chi connectivity index (χ4v) is 3.75. The summed E-state index contributed by atoms with van der Waals surface area (Å²) in [6.45, 7) is 0. The number of nitrogens with one attached hydrogen (secondary N) is 3. The number of amides is 2. The van der Waals surface area contributed by atoms with Crippen molar-refractivity contribution in [2.45, 2.75) is 25.7 Å². The van der Waals surface area contributed by atoms with Crippen LogP contribution in [0.2, 0.25) is 0 Å². The van der Waals surface area contributed by atoms with Crippen molar-refractivity contribution in [1.29, 1.82) is 0 Å². The average Bonchev–Trinajstić information content (AvgIpc) is 3.62. The molecule has 4 aromatic rings. The van der Waals surface area contributed by atoms with E-state index in [1.807, 2.05) is 30.5 Å². The van der Waals surface area contributed by atoms with Gasteiger partial charge in [0.25, 0.3) is 0 Å². The highest BCUT2D eigenvalue weighted by Crippen LogP contribution is 2.32. The Balaban J connectivity index is 1.22. The molecule has 2 aromatic carbocycles. The van der Waals surface area contributed by atoms with Crippen molar-refractivity contribution in [1.82, 2.24) is 9.97 Å². The molecule has 2 heterocycles. The zero-order valence-corrected chi connectivity index (χ0v) is 18.6. The first-order valence-electron chi connectivity index (χ1n) is 11.2. The van der Waals surface area contributed by atoms with Gasteiger partial charge in [0.05, 0.1) is 5.69 Å². The van der Waals surface area contributed by atoms with E-state index in [4.69, 9.17) is 4.74 Å². The minimum absolute atomic E-state index is 0.00182. The lowest BCUT2D eigenvalue weighted by Gasteiger charge is -2.11. The Morgan fingerprint density at radius 2 is 1.89 bits per heavy atom. The fourth-order valence-electron chi connectivity index (χ4n) is 3.75. The molecule has 2 amide bonds.